The molecule has 1 N–H and O–H groups in total. The highest BCUT2D eigenvalue weighted by molar-refractivity contribution is 5.59. The third kappa shape index (κ3) is 3.13. The summed E-state index contributed by atoms with van der Waals surface area (Å²) in [6.45, 7) is 1.81. The Bertz CT molecular complexity index is 620. The van der Waals surface area contributed by atoms with Gasteiger partial charge in [0.2, 0.25) is 11.7 Å². The van der Waals surface area contributed by atoms with Gasteiger partial charge in [0.1, 0.15) is 5.82 Å². The largest absolute Gasteiger partial charge is 0.392 e. The van der Waals surface area contributed by atoms with Crippen LogP contribution in [-0.4, -0.2) is 21.4 Å². The first-order valence-corrected chi connectivity index (χ1v) is 7.40. The molecule has 1 fully saturated rings. The molecule has 1 atom stereocenters. The van der Waals surface area contributed by atoms with Crippen LogP contribution in [0.1, 0.15) is 37.1 Å². The summed E-state index contributed by atoms with van der Waals surface area (Å²) in [5, 5.41) is 14.1. The van der Waals surface area contributed by atoms with Gasteiger partial charge in [0, 0.05) is 5.56 Å². The summed E-state index contributed by atoms with van der Waals surface area (Å²) in [7, 11) is 0. The summed E-state index contributed by atoms with van der Waals surface area (Å²) in [6, 6.07) is 4.47. The Morgan fingerprint density at radius 2 is 2.14 bits per heavy atom. The molecule has 2 aromatic rings. The molecule has 0 bridgehead atoms. The van der Waals surface area contributed by atoms with Crippen LogP contribution < -0.4 is 0 Å². The second kappa shape index (κ2) is 5.93. The molecule has 112 valence electrons. The van der Waals surface area contributed by atoms with Crippen LogP contribution in [-0.2, 0) is 6.42 Å². The summed E-state index contributed by atoms with van der Waals surface area (Å²) in [4.78, 5) is 4.32. The van der Waals surface area contributed by atoms with Gasteiger partial charge in [-0.3, -0.25) is 0 Å². The number of aliphatic hydroxyl groups is 1. The van der Waals surface area contributed by atoms with Crippen LogP contribution in [0.2, 0.25) is 0 Å². The summed E-state index contributed by atoms with van der Waals surface area (Å²) in [5.74, 6) is 0.943. The van der Waals surface area contributed by atoms with Gasteiger partial charge in [0.05, 0.1) is 12.5 Å². The molecule has 21 heavy (non-hydrogen) atoms. The van der Waals surface area contributed by atoms with Crippen molar-refractivity contribution >= 4 is 0 Å². The minimum Gasteiger partial charge on any atom is -0.392 e. The normalized spacial score (nSPS) is 17.3. The number of halogens is 1. The van der Waals surface area contributed by atoms with E-state index in [4.69, 9.17) is 4.52 Å². The smallest absolute Gasteiger partial charge is 0.229 e. The molecule has 1 aromatic heterocycles. The van der Waals surface area contributed by atoms with Crippen molar-refractivity contribution in [2.24, 2.45) is 5.92 Å². The molecular formula is C16H19FN2O2. The van der Waals surface area contributed by atoms with Crippen LogP contribution in [0.5, 0.6) is 0 Å². The monoisotopic (exact) mass is 290 g/mol. The van der Waals surface area contributed by atoms with Gasteiger partial charge in [0.25, 0.3) is 0 Å². The lowest BCUT2D eigenvalue weighted by atomic mass is 9.98. The van der Waals surface area contributed by atoms with Crippen molar-refractivity contribution in [1.82, 2.24) is 10.1 Å². The van der Waals surface area contributed by atoms with Gasteiger partial charge < -0.3 is 9.63 Å². The van der Waals surface area contributed by atoms with Crippen molar-refractivity contribution in [2.45, 2.75) is 45.1 Å². The fourth-order valence-corrected chi connectivity index (χ4v) is 3.01. The van der Waals surface area contributed by atoms with Crippen molar-refractivity contribution in [3.63, 3.8) is 0 Å². The van der Waals surface area contributed by atoms with Crippen LogP contribution in [0.25, 0.3) is 11.4 Å². The summed E-state index contributed by atoms with van der Waals surface area (Å²) < 4.78 is 18.3. The standard InChI is InChI=1S/C16H19FN2O2/c1-10-8-12(17)6-7-13(10)16-18-15(21-19-16)9-14(20)11-4-2-3-5-11/h6-8,11,14,20H,2-5,9H2,1H3. The van der Waals surface area contributed by atoms with Crippen LogP contribution in [0.3, 0.4) is 0 Å². The van der Waals surface area contributed by atoms with E-state index in [0.717, 1.165) is 24.0 Å². The highest BCUT2D eigenvalue weighted by atomic mass is 19.1. The van der Waals surface area contributed by atoms with Crippen molar-refractivity contribution < 1.29 is 14.0 Å². The predicted octanol–water partition coefficient (Wildman–Crippen LogP) is 3.28. The zero-order valence-electron chi connectivity index (χ0n) is 12.1. The Morgan fingerprint density at radius 1 is 1.38 bits per heavy atom. The van der Waals surface area contributed by atoms with Crippen molar-refractivity contribution in [2.75, 3.05) is 0 Å². The topological polar surface area (TPSA) is 59.2 Å². The second-order valence-electron chi connectivity index (χ2n) is 5.79. The van der Waals surface area contributed by atoms with E-state index in [9.17, 15) is 9.50 Å². The van der Waals surface area contributed by atoms with Crippen LogP contribution >= 0.6 is 0 Å². The Labute approximate surface area is 123 Å². The Morgan fingerprint density at radius 3 is 2.86 bits per heavy atom. The maximum absolute atomic E-state index is 13.1. The third-order valence-electron chi connectivity index (χ3n) is 4.23. The zero-order valence-corrected chi connectivity index (χ0v) is 12.1. The maximum Gasteiger partial charge on any atom is 0.229 e. The minimum absolute atomic E-state index is 0.281. The number of aryl methyl sites for hydroxylation is 1. The van der Waals surface area contributed by atoms with Gasteiger partial charge in [-0.05, 0) is 49.4 Å². The highest BCUT2D eigenvalue weighted by Crippen LogP contribution is 2.29. The van der Waals surface area contributed by atoms with E-state index < -0.39 is 6.10 Å². The van der Waals surface area contributed by atoms with Gasteiger partial charge in [-0.25, -0.2) is 4.39 Å². The van der Waals surface area contributed by atoms with E-state index in [1.807, 2.05) is 6.92 Å². The number of aromatic nitrogens is 2. The quantitative estimate of drug-likeness (QED) is 0.938. The molecule has 0 aliphatic heterocycles. The number of hydrogen-bond acceptors (Lipinski definition) is 4. The van der Waals surface area contributed by atoms with E-state index in [2.05, 4.69) is 10.1 Å². The Kier molecular flexibility index (Phi) is 4.01. The SMILES string of the molecule is Cc1cc(F)ccc1-c1noc(CC(O)C2CCCC2)n1. The molecule has 3 rings (SSSR count). The second-order valence-corrected chi connectivity index (χ2v) is 5.79. The average molecular weight is 290 g/mol. The fourth-order valence-electron chi connectivity index (χ4n) is 3.01. The molecule has 0 saturated heterocycles. The molecule has 1 aliphatic rings. The van der Waals surface area contributed by atoms with E-state index in [-0.39, 0.29) is 5.82 Å². The molecular weight excluding hydrogens is 271 g/mol. The van der Waals surface area contributed by atoms with E-state index in [1.165, 1.54) is 25.0 Å². The maximum atomic E-state index is 13.1. The summed E-state index contributed by atoms with van der Waals surface area (Å²) in [5.41, 5.74) is 1.51. The van der Waals surface area contributed by atoms with Crippen LogP contribution in [0.15, 0.2) is 22.7 Å². The first-order valence-electron chi connectivity index (χ1n) is 7.40. The third-order valence-corrected chi connectivity index (χ3v) is 4.23. The molecule has 0 spiro atoms. The van der Waals surface area contributed by atoms with Crippen LogP contribution in [0, 0.1) is 18.7 Å². The van der Waals surface area contributed by atoms with Crippen LogP contribution in [0.4, 0.5) is 4.39 Å². The van der Waals surface area contributed by atoms with Gasteiger partial charge in [0.15, 0.2) is 0 Å². The Balaban J connectivity index is 1.73. The number of rotatable bonds is 4. The van der Waals surface area contributed by atoms with E-state index in [0.29, 0.717) is 24.1 Å². The zero-order chi connectivity index (χ0) is 14.8. The van der Waals surface area contributed by atoms with Crippen molar-refractivity contribution in [1.29, 1.82) is 0 Å². The van der Waals surface area contributed by atoms with E-state index >= 15 is 0 Å². The van der Waals surface area contributed by atoms with Gasteiger partial charge in [-0.2, -0.15) is 4.98 Å². The number of benzene rings is 1. The molecule has 5 heteroatoms. The van der Waals surface area contributed by atoms with Gasteiger partial charge >= 0.3 is 0 Å². The first kappa shape index (κ1) is 14.2. The van der Waals surface area contributed by atoms with Crippen molar-refractivity contribution in [3.05, 3.63) is 35.5 Å². The van der Waals surface area contributed by atoms with Gasteiger partial charge in [-0.15, -0.1) is 0 Å². The highest BCUT2D eigenvalue weighted by Gasteiger charge is 2.25. The molecule has 1 unspecified atom stereocenters. The number of hydrogen-bond donors (Lipinski definition) is 1. The number of aliphatic hydroxyl groups excluding tert-OH is 1. The Hall–Kier alpha value is -1.75. The van der Waals surface area contributed by atoms with E-state index in [1.54, 1.807) is 6.07 Å². The lowest BCUT2D eigenvalue weighted by molar-refractivity contribution is 0.102. The van der Waals surface area contributed by atoms with Gasteiger partial charge in [-0.1, -0.05) is 18.0 Å². The lowest BCUT2D eigenvalue weighted by Crippen LogP contribution is -2.20. The average Bonchev–Trinajstić information content (AvgIpc) is 3.09. The van der Waals surface area contributed by atoms with Crippen molar-refractivity contribution in [3.8, 4) is 11.4 Å². The molecule has 4 nitrogen and oxygen atoms in total. The molecule has 0 radical (unpaired) electrons. The predicted molar refractivity (Wildman–Crippen MR) is 76.1 cm³/mol. The molecule has 0 amide bonds. The summed E-state index contributed by atoms with van der Waals surface area (Å²) >= 11 is 0. The lowest BCUT2D eigenvalue weighted by Gasteiger charge is -2.14. The first-order chi connectivity index (χ1) is 10.1. The molecule has 1 aliphatic carbocycles. The summed E-state index contributed by atoms with van der Waals surface area (Å²) in [6.07, 6.45) is 4.48. The minimum atomic E-state index is -0.421. The molecule has 1 aromatic carbocycles. The number of nitrogens with zero attached hydrogens (tertiary/aromatic N) is 2. The fraction of sp³-hybridized carbons (Fsp3) is 0.500. The molecule has 1 saturated carbocycles. The molecule has 1 heterocycles.